The molecular weight excluding hydrogens is 276 g/mol. The zero-order chi connectivity index (χ0) is 14.0. The van der Waals surface area contributed by atoms with Gasteiger partial charge in [-0.25, -0.2) is 30.7 Å². The fourth-order valence-electron chi connectivity index (χ4n) is 1.00. The molecule has 1 aromatic carbocycles. The van der Waals surface area contributed by atoms with Gasteiger partial charge in [0, 0.05) is 0 Å². The van der Waals surface area contributed by atoms with Crippen LogP contribution in [0.15, 0.2) is 23.1 Å². The number of nitrogens with two attached hydrogens (primary N) is 1. The van der Waals surface area contributed by atoms with Gasteiger partial charge in [0.15, 0.2) is 11.6 Å². The Bertz CT molecular complexity index is 533. The molecule has 18 heavy (non-hydrogen) atoms. The van der Waals surface area contributed by atoms with Crippen molar-refractivity contribution in [3.8, 4) is 0 Å². The number of halogens is 4. The second-order valence-electron chi connectivity index (χ2n) is 3.46. The molecule has 0 aliphatic heterocycles. The molecule has 0 aliphatic carbocycles. The second-order valence-corrected chi connectivity index (χ2v) is 5.23. The number of nitrogens with one attached hydrogen (secondary N) is 1. The zero-order valence-electron chi connectivity index (χ0n) is 8.96. The van der Waals surface area contributed by atoms with Crippen molar-refractivity contribution in [2.75, 3.05) is 13.1 Å². The summed E-state index contributed by atoms with van der Waals surface area (Å²) < 4.78 is 75.5. The topological polar surface area (TPSA) is 72.2 Å². The Morgan fingerprint density at radius 3 is 2.33 bits per heavy atom. The molecule has 0 atom stereocenters. The van der Waals surface area contributed by atoms with E-state index in [0.29, 0.717) is 12.1 Å². The van der Waals surface area contributed by atoms with Crippen molar-refractivity contribution in [3.63, 3.8) is 0 Å². The maximum Gasteiger partial charge on any atom is 0.273 e. The fraction of sp³-hybridized carbons (Fsp3) is 0.333. The van der Waals surface area contributed by atoms with Crippen LogP contribution in [0.1, 0.15) is 0 Å². The summed E-state index contributed by atoms with van der Waals surface area (Å²) in [6, 6.07) is 1.75. The summed E-state index contributed by atoms with van der Waals surface area (Å²) >= 11 is 0. The van der Waals surface area contributed by atoms with Crippen LogP contribution >= 0.6 is 0 Å². The van der Waals surface area contributed by atoms with E-state index in [9.17, 15) is 26.0 Å². The molecule has 0 saturated heterocycles. The first kappa shape index (κ1) is 14.9. The van der Waals surface area contributed by atoms with Crippen molar-refractivity contribution in [1.82, 2.24) is 4.72 Å². The predicted octanol–water partition coefficient (Wildman–Crippen LogP) is 0.837. The van der Waals surface area contributed by atoms with Gasteiger partial charge in [-0.05, 0) is 18.2 Å². The average molecular weight is 286 g/mol. The number of sulfonamides is 1. The lowest BCUT2D eigenvalue weighted by Crippen LogP contribution is -2.41. The first-order valence-electron chi connectivity index (χ1n) is 4.70. The highest BCUT2D eigenvalue weighted by atomic mass is 32.2. The van der Waals surface area contributed by atoms with Crippen molar-refractivity contribution in [1.29, 1.82) is 0 Å². The Hall–Kier alpha value is -1.19. The average Bonchev–Trinajstić information content (AvgIpc) is 2.30. The minimum Gasteiger partial charge on any atom is -0.325 e. The molecule has 1 rings (SSSR count). The van der Waals surface area contributed by atoms with Crippen LogP contribution in [0.4, 0.5) is 17.6 Å². The van der Waals surface area contributed by atoms with Gasteiger partial charge >= 0.3 is 0 Å². The summed E-state index contributed by atoms with van der Waals surface area (Å²) in [5.74, 6) is -6.03. The molecule has 0 amide bonds. The van der Waals surface area contributed by atoms with E-state index in [1.165, 1.54) is 0 Å². The summed E-state index contributed by atoms with van der Waals surface area (Å²) in [6.07, 6.45) is 0. The van der Waals surface area contributed by atoms with Crippen LogP contribution in [0.2, 0.25) is 0 Å². The molecule has 0 heterocycles. The Morgan fingerprint density at radius 1 is 1.22 bits per heavy atom. The number of alkyl halides is 2. The standard InChI is InChI=1S/C9H10F4N2O2S/c10-7-2-1-6(3-8(7)11)18(16,17)15-5-9(12,13)4-14/h1-3,15H,4-5,14H2. The van der Waals surface area contributed by atoms with E-state index in [-0.39, 0.29) is 0 Å². The van der Waals surface area contributed by atoms with Crippen LogP contribution in [-0.4, -0.2) is 27.4 Å². The summed E-state index contributed by atoms with van der Waals surface area (Å²) in [5.41, 5.74) is 4.72. The van der Waals surface area contributed by atoms with Gasteiger partial charge in [0.1, 0.15) is 0 Å². The van der Waals surface area contributed by atoms with Crippen molar-refractivity contribution < 1.29 is 26.0 Å². The van der Waals surface area contributed by atoms with Crippen LogP contribution in [-0.2, 0) is 10.0 Å². The highest BCUT2D eigenvalue weighted by Crippen LogP contribution is 2.15. The van der Waals surface area contributed by atoms with E-state index in [1.807, 2.05) is 0 Å². The maximum absolute atomic E-state index is 12.8. The van der Waals surface area contributed by atoms with Gasteiger partial charge in [-0.15, -0.1) is 0 Å². The molecule has 1 aromatic rings. The summed E-state index contributed by atoms with van der Waals surface area (Å²) in [7, 11) is -4.34. The molecule has 4 nitrogen and oxygen atoms in total. The molecule has 0 radical (unpaired) electrons. The summed E-state index contributed by atoms with van der Waals surface area (Å²) in [6.45, 7) is -2.25. The molecule has 0 aliphatic rings. The molecule has 102 valence electrons. The van der Waals surface area contributed by atoms with E-state index < -0.39 is 45.6 Å². The largest absolute Gasteiger partial charge is 0.325 e. The first-order valence-corrected chi connectivity index (χ1v) is 6.19. The summed E-state index contributed by atoms with van der Waals surface area (Å²) in [4.78, 5) is -0.644. The molecule has 0 aromatic heterocycles. The SMILES string of the molecule is NCC(F)(F)CNS(=O)(=O)c1ccc(F)c(F)c1. The van der Waals surface area contributed by atoms with Gasteiger partial charge in [0.2, 0.25) is 10.0 Å². The van der Waals surface area contributed by atoms with Crippen molar-refractivity contribution in [2.24, 2.45) is 5.73 Å². The van der Waals surface area contributed by atoms with Crippen molar-refractivity contribution in [2.45, 2.75) is 10.8 Å². The Morgan fingerprint density at radius 2 is 1.83 bits per heavy atom. The van der Waals surface area contributed by atoms with Crippen LogP contribution in [0.3, 0.4) is 0 Å². The van der Waals surface area contributed by atoms with E-state index in [2.05, 4.69) is 0 Å². The minimum absolute atomic E-state index is 0.401. The van der Waals surface area contributed by atoms with Crippen LogP contribution in [0, 0.1) is 11.6 Å². The van der Waals surface area contributed by atoms with Gasteiger partial charge in [-0.2, -0.15) is 0 Å². The molecule has 0 unspecified atom stereocenters. The maximum atomic E-state index is 12.8. The van der Waals surface area contributed by atoms with Crippen LogP contribution in [0.5, 0.6) is 0 Å². The van der Waals surface area contributed by atoms with E-state index in [1.54, 1.807) is 4.72 Å². The van der Waals surface area contributed by atoms with Crippen LogP contribution < -0.4 is 10.5 Å². The Kier molecular flexibility index (Phi) is 4.30. The highest BCUT2D eigenvalue weighted by Gasteiger charge is 2.29. The zero-order valence-corrected chi connectivity index (χ0v) is 9.78. The Labute approximate surface area is 101 Å². The highest BCUT2D eigenvalue weighted by molar-refractivity contribution is 7.89. The quantitative estimate of drug-likeness (QED) is 0.788. The fourth-order valence-corrected chi connectivity index (χ4v) is 2.07. The van der Waals surface area contributed by atoms with Crippen LogP contribution in [0.25, 0.3) is 0 Å². The molecule has 0 spiro atoms. The molecule has 3 N–H and O–H groups in total. The number of benzene rings is 1. The third kappa shape index (κ3) is 3.65. The minimum atomic E-state index is -4.34. The van der Waals surface area contributed by atoms with E-state index >= 15 is 0 Å². The number of hydrogen-bond acceptors (Lipinski definition) is 3. The lowest BCUT2D eigenvalue weighted by Gasteiger charge is -2.14. The van der Waals surface area contributed by atoms with Crippen molar-refractivity contribution in [3.05, 3.63) is 29.8 Å². The molecule has 0 saturated carbocycles. The molecule has 0 bridgehead atoms. The summed E-state index contributed by atoms with van der Waals surface area (Å²) in [5, 5.41) is 0. The van der Waals surface area contributed by atoms with Gasteiger partial charge in [0.25, 0.3) is 5.92 Å². The van der Waals surface area contributed by atoms with Gasteiger partial charge < -0.3 is 5.73 Å². The Balaban J connectivity index is 2.90. The molecule has 0 fully saturated rings. The smallest absolute Gasteiger partial charge is 0.273 e. The lowest BCUT2D eigenvalue weighted by atomic mass is 10.3. The third-order valence-electron chi connectivity index (χ3n) is 2.02. The van der Waals surface area contributed by atoms with Gasteiger partial charge in [0.05, 0.1) is 18.0 Å². The second kappa shape index (κ2) is 5.21. The lowest BCUT2D eigenvalue weighted by molar-refractivity contribution is 0.0170. The number of rotatable bonds is 5. The molecular formula is C9H10F4N2O2S. The van der Waals surface area contributed by atoms with Crippen molar-refractivity contribution >= 4 is 10.0 Å². The van der Waals surface area contributed by atoms with E-state index in [0.717, 1.165) is 6.07 Å². The van der Waals surface area contributed by atoms with E-state index in [4.69, 9.17) is 5.73 Å². The molecule has 9 heteroatoms. The van der Waals surface area contributed by atoms with Gasteiger partial charge in [-0.1, -0.05) is 0 Å². The third-order valence-corrected chi connectivity index (χ3v) is 3.42. The first-order chi connectivity index (χ1) is 8.18. The van der Waals surface area contributed by atoms with Gasteiger partial charge in [-0.3, -0.25) is 0 Å². The number of hydrogen-bond donors (Lipinski definition) is 2. The predicted molar refractivity (Wildman–Crippen MR) is 55.5 cm³/mol. The normalized spacial score (nSPS) is 12.7. The monoisotopic (exact) mass is 286 g/mol.